The molecule has 2 N–H and O–H groups in total. The number of rotatable bonds is 7. The van der Waals surface area contributed by atoms with Gasteiger partial charge in [-0.05, 0) is 18.8 Å². The Morgan fingerprint density at radius 3 is 2.62 bits per heavy atom. The average Bonchev–Trinajstić information content (AvgIpc) is 2.72. The highest BCUT2D eigenvalue weighted by molar-refractivity contribution is 5.95. The summed E-state index contributed by atoms with van der Waals surface area (Å²) < 4.78 is 0. The Hall–Kier alpha value is -1.85. The first-order valence-corrected chi connectivity index (χ1v) is 7.23. The molecule has 1 saturated heterocycles. The number of aliphatic carboxylic acids is 1. The van der Waals surface area contributed by atoms with Gasteiger partial charge in [0.2, 0.25) is 11.8 Å². The molecule has 3 unspecified atom stereocenters. The number of carbonyl (C=O) groups excluding carboxylic acids is 2. The molecule has 1 aliphatic heterocycles. The van der Waals surface area contributed by atoms with Gasteiger partial charge < -0.3 is 15.3 Å². The predicted octanol–water partition coefficient (Wildman–Crippen LogP) is 1.17. The number of likely N-dealkylation sites (tertiary alicyclic amines) is 1. The van der Waals surface area contributed by atoms with Crippen LogP contribution in [0.1, 0.15) is 40.0 Å². The molecule has 118 valence electrons. The van der Waals surface area contributed by atoms with E-state index in [0.29, 0.717) is 13.0 Å². The van der Waals surface area contributed by atoms with Crippen LogP contribution in [-0.2, 0) is 14.4 Å². The molecule has 0 aliphatic carbocycles. The largest absolute Gasteiger partial charge is 0.480 e. The lowest BCUT2D eigenvalue weighted by atomic mass is 9.81. The van der Waals surface area contributed by atoms with Crippen LogP contribution >= 0.6 is 0 Å². The van der Waals surface area contributed by atoms with Crippen LogP contribution in [0, 0.1) is 5.92 Å². The van der Waals surface area contributed by atoms with Gasteiger partial charge in [-0.2, -0.15) is 0 Å². The Morgan fingerprint density at radius 1 is 1.57 bits per heavy atom. The molecule has 1 fully saturated rings. The SMILES string of the molecule is C=CCC(C(=O)O)N1CCC(NC(C)=O)(C(C)CC)C1=O. The van der Waals surface area contributed by atoms with Crippen molar-refractivity contribution in [2.24, 2.45) is 5.92 Å². The zero-order valence-electron chi connectivity index (χ0n) is 12.9. The highest BCUT2D eigenvalue weighted by Gasteiger charge is 2.52. The lowest BCUT2D eigenvalue weighted by Crippen LogP contribution is -2.59. The molecule has 0 aromatic heterocycles. The second kappa shape index (κ2) is 6.74. The third-order valence-corrected chi connectivity index (χ3v) is 4.29. The van der Waals surface area contributed by atoms with Gasteiger partial charge in [-0.15, -0.1) is 6.58 Å². The van der Waals surface area contributed by atoms with Gasteiger partial charge in [0, 0.05) is 13.5 Å². The second-order valence-corrected chi connectivity index (χ2v) is 5.59. The molecule has 3 atom stereocenters. The van der Waals surface area contributed by atoms with E-state index in [1.165, 1.54) is 17.9 Å². The van der Waals surface area contributed by atoms with E-state index in [9.17, 15) is 19.5 Å². The Bertz CT molecular complexity index is 449. The molecule has 0 saturated carbocycles. The first kappa shape index (κ1) is 17.2. The van der Waals surface area contributed by atoms with E-state index in [0.717, 1.165) is 6.42 Å². The van der Waals surface area contributed by atoms with Crippen molar-refractivity contribution in [3.05, 3.63) is 12.7 Å². The van der Waals surface area contributed by atoms with Crippen molar-refractivity contribution in [3.8, 4) is 0 Å². The van der Waals surface area contributed by atoms with E-state index >= 15 is 0 Å². The Labute approximate surface area is 125 Å². The summed E-state index contributed by atoms with van der Waals surface area (Å²) in [5.74, 6) is -1.69. The minimum atomic E-state index is -1.05. The molecule has 1 heterocycles. The molecule has 1 rings (SSSR count). The zero-order chi connectivity index (χ0) is 16.2. The second-order valence-electron chi connectivity index (χ2n) is 5.59. The van der Waals surface area contributed by atoms with Crippen molar-refractivity contribution in [2.75, 3.05) is 6.54 Å². The fourth-order valence-corrected chi connectivity index (χ4v) is 2.94. The monoisotopic (exact) mass is 296 g/mol. The van der Waals surface area contributed by atoms with Gasteiger partial charge in [0.15, 0.2) is 0 Å². The molecule has 21 heavy (non-hydrogen) atoms. The van der Waals surface area contributed by atoms with Crippen molar-refractivity contribution >= 4 is 17.8 Å². The minimum absolute atomic E-state index is 0.0583. The molecule has 0 aromatic rings. The van der Waals surface area contributed by atoms with Crippen LogP contribution < -0.4 is 5.32 Å². The normalized spacial score (nSPS) is 24.5. The number of nitrogens with one attached hydrogen (secondary N) is 1. The van der Waals surface area contributed by atoms with Gasteiger partial charge in [0.05, 0.1) is 0 Å². The molecule has 0 radical (unpaired) electrons. The fourth-order valence-electron chi connectivity index (χ4n) is 2.94. The van der Waals surface area contributed by atoms with Crippen LogP contribution in [0.15, 0.2) is 12.7 Å². The van der Waals surface area contributed by atoms with Crippen molar-refractivity contribution in [1.29, 1.82) is 0 Å². The number of nitrogens with zero attached hydrogens (tertiary/aromatic N) is 1. The highest BCUT2D eigenvalue weighted by Crippen LogP contribution is 2.34. The van der Waals surface area contributed by atoms with E-state index in [-0.39, 0.29) is 24.2 Å². The van der Waals surface area contributed by atoms with Gasteiger partial charge in [-0.1, -0.05) is 26.3 Å². The summed E-state index contributed by atoms with van der Waals surface area (Å²) in [7, 11) is 0. The summed E-state index contributed by atoms with van der Waals surface area (Å²) in [6.07, 6.45) is 2.84. The molecule has 2 amide bonds. The maximum absolute atomic E-state index is 12.8. The van der Waals surface area contributed by atoms with Crippen LogP contribution in [-0.4, -0.2) is 45.9 Å². The minimum Gasteiger partial charge on any atom is -0.480 e. The molecule has 1 aliphatic rings. The van der Waals surface area contributed by atoms with E-state index in [4.69, 9.17) is 0 Å². The summed E-state index contributed by atoms with van der Waals surface area (Å²) in [5.41, 5.74) is -0.991. The number of hydrogen-bond acceptors (Lipinski definition) is 3. The van der Waals surface area contributed by atoms with Gasteiger partial charge in [-0.3, -0.25) is 9.59 Å². The van der Waals surface area contributed by atoms with Gasteiger partial charge >= 0.3 is 5.97 Å². The van der Waals surface area contributed by atoms with E-state index < -0.39 is 17.6 Å². The van der Waals surface area contributed by atoms with Crippen molar-refractivity contribution in [3.63, 3.8) is 0 Å². The van der Waals surface area contributed by atoms with Crippen LogP contribution in [0.25, 0.3) is 0 Å². The molecule has 0 bridgehead atoms. The van der Waals surface area contributed by atoms with Gasteiger partial charge in [-0.25, -0.2) is 4.79 Å². The summed E-state index contributed by atoms with van der Waals surface area (Å²) in [5, 5.41) is 12.1. The lowest BCUT2D eigenvalue weighted by molar-refractivity contribution is -0.150. The number of hydrogen-bond donors (Lipinski definition) is 2. The standard InChI is InChI=1S/C15H24N2O4/c1-5-7-12(13(19)20)17-9-8-15(14(17)21,10(3)6-2)16-11(4)18/h5,10,12H,1,6-9H2,2-4H3,(H,16,18)(H,19,20). The number of amides is 2. The van der Waals surface area contributed by atoms with Crippen molar-refractivity contribution in [1.82, 2.24) is 10.2 Å². The first-order valence-electron chi connectivity index (χ1n) is 7.23. The molecule has 6 nitrogen and oxygen atoms in total. The third-order valence-electron chi connectivity index (χ3n) is 4.29. The highest BCUT2D eigenvalue weighted by atomic mass is 16.4. The molecule has 0 spiro atoms. The summed E-state index contributed by atoms with van der Waals surface area (Å²) in [6, 6.07) is -0.922. The van der Waals surface area contributed by atoms with E-state index in [1.54, 1.807) is 0 Å². The number of carboxylic acids is 1. The molecular weight excluding hydrogens is 272 g/mol. The average molecular weight is 296 g/mol. The van der Waals surface area contributed by atoms with Gasteiger partial charge in [0.1, 0.15) is 11.6 Å². The predicted molar refractivity (Wildman–Crippen MR) is 78.6 cm³/mol. The number of carbonyl (C=O) groups is 3. The molecular formula is C15H24N2O4. The quantitative estimate of drug-likeness (QED) is 0.690. The fraction of sp³-hybridized carbons (Fsp3) is 0.667. The van der Waals surface area contributed by atoms with E-state index in [2.05, 4.69) is 11.9 Å². The smallest absolute Gasteiger partial charge is 0.326 e. The van der Waals surface area contributed by atoms with Gasteiger partial charge in [0.25, 0.3) is 0 Å². The lowest BCUT2D eigenvalue weighted by Gasteiger charge is -2.35. The van der Waals surface area contributed by atoms with Crippen LogP contribution in [0.2, 0.25) is 0 Å². The maximum atomic E-state index is 12.8. The first-order chi connectivity index (χ1) is 9.80. The summed E-state index contributed by atoms with van der Waals surface area (Å²) in [4.78, 5) is 37.0. The Balaban J connectivity index is 3.11. The van der Waals surface area contributed by atoms with Crippen LogP contribution in [0.3, 0.4) is 0 Å². The summed E-state index contributed by atoms with van der Waals surface area (Å²) in [6.45, 7) is 9.10. The van der Waals surface area contributed by atoms with Crippen molar-refractivity contribution < 1.29 is 19.5 Å². The maximum Gasteiger partial charge on any atom is 0.326 e. The van der Waals surface area contributed by atoms with Crippen LogP contribution in [0.5, 0.6) is 0 Å². The number of carboxylic acid groups (broad SMARTS) is 1. The summed E-state index contributed by atoms with van der Waals surface area (Å²) >= 11 is 0. The Kier molecular flexibility index (Phi) is 5.52. The molecule has 0 aromatic carbocycles. The zero-order valence-corrected chi connectivity index (χ0v) is 12.9. The third kappa shape index (κ3) is 3.25. The Morgan fingerprint density at radius 2 is 2.19 bits per heavy atom. The topological polar surface area (TPSA) is 86.7 Å². The van der Waals surface area contributed by atoms with E-state index in [1.807, 2.05) is 13.8 Å². The van der Waals surface area contributed by atoms with Crippen LogP contribution in [0.4, 0.5) is 0 Å². The van der Waals surface area contributed by atoms with Crippen molar-refractivity contribution in [2.45, 2.75) is 51.6 Å². The molecule has 6 heteroatoms.